The molecule has 2 aromatic carbocycles. The third-order valence-corrected chi connectivity index (χ3v) is 3.72. The topological polar surface area (TPSA) is 89.4 Å². The fourth-order valence-electron chi connectivity index (χ4n) is 2.47. The molecule has 0 aliphatic carbocycles. The maximum Gasteiger partial charge on any atom is 0.258 e. The fourth-order valence-corrected chi connectivity index (χ4v) is 2.47. The molecular formula is C17H14N6O. The Labute approximate surface area is 137 Å². The van der Waals surface area contributed by atoms with Crippen LogP contribution in [0.15, 0.2) is 53.3 Å². The number of H-pyrrole nitrogens is 1. The molecular weight excluding hydrogens is 304 g/mol. The number of nitrogens with one attached hydrogen (secondary N) is 1. The van der Waals surface area contributed by atoms with E-state index in [-0.39, 0.29) is 12.1 Å². The number of tetrazole rings is 1. The lowest BCUT2D eigenvalue weighted by molar-refractivity contribution is 0.555. The number of hydrogen-bond donors (Lipinski definition) is 1. The van der Waals surface area contributed by atoms with Gasteiger partial charge in [-0.05, 0) is 24.3 Å². The van der Waals surface area contributed by atoms with Crippen LogP contribution in [0.5, 0.6) is 0 Å². The molecule has 0 aliphatic heterocycles. The molecule has 0 spiro atoms. The van der Waals surface area contributed by atoms with Crippen molar-refractivity contribution >= 4 is 10.9 Å². The van der Waals surface area contributed by atoms with Crippen molar-refractivity contribution in [2.75, 3.05) is 0 Å². The molecule has 4 rings (SSSR count). The molecule has 0 fully saturated rings. The second kappa shape index (κ2) is 5.69. The van der Waals surface area contributed by atoms with Crippen molar-refractivity contribution in [3.63, 3.8) is 0 Å². The van der Waals surface area contributed by atoms with Crippen LogP contribution in [-0.4, -0.2) is 30.2 Å². The van der Waals surface area contributed by atoms with Crippen molar-refractivity contribution in [2.24, 2.45) is 0 Å². The predicted molar refractivity (Wildman–Crippen MR) is 89.5 cm³/mol. The van der Waals surface area contributed by atoms with Gasteiger partial charge in [0, 0.05) is 5.56 Å². The molecule has 7 nitrogen and oxygen atoms in total. The average Bonchev–Trinajstić information content (AvgIpc) is 3.04. The van der Waals surface area contributed by atoms with E-state index in [1.165, 1.54) is 10.4 Å². The molecule has 0 radical (unpaired) electrons. The predicted octanol–water partition coefficient (Wildman–Crippen LogP) is 1.93. The summed E-state index contributed by atoms with van der Waals surface area (Å²) in [4.78, 5) is 20.7. The van der Waals surface area contributed by atoms with E-state index < -0.39 is 0 Å². The lowest BCUT2D eigenvalue weighted by atomic mass is 10.1. The van der Waals surface area contributed by atoms with E-state index in [9.17, 15) is 4.79 Å². The molecule has 4 aromatic rings. The van der Waals surface area contributed by atoms with Crippen LogP contribution in [0.2, 0.25) is 0 Å². The molecule has 2 aromatic heterocycles. The highest BCUT2D eigenvalue weighted by Gasteiger charge is 2.08. The lowest BCUT2D eigenvalue weighted by Gasteiger charge is -2.01. The van der Waals surface area contributed by atoms with E-state index in [0.29, 0.717) is 22.6 Å². The first kappa shape index (κ1) is 14.3. The highest BCUT2D eigenvalue weighted by Crippen LogP contribution is 2.14. The quantitative estimate of drug-likeness (QED) is 0.623. The third kappa shape index (κ3) is 2.67. The summed E-state index contributed by atoms with van der Waals surface area (Å²) in [6, 6.07) is 15.1. The van der Waals surface area contributed by atoms with E-state index in [0.717, 1.165) is 5.56 Å². The standard InChI is InChI=1S/C17H14N6O/c1-11-6-8-12(9-7-11)16-20-22-23(21-16)10-15-18-14-5-3-2-4-13(14)17(24)19-15/h2-9H,10H2,1H3,(H,18,19,24). The van der Waals surface area contributed by atoms with Gasteiger partial charge in [0.2, 0.25) is 5.82 Å². The number of nitrogens with zero attached hydrogens (tertiary/aromatic N) is 5. The largest absolute Gasteiger partial charge is 0.308 e. The molecule has 7 heteroatoms. The minimum Gasteiger partial charge on any atom is -0.308 e. The van der Waals surface area contributed by atoms with Crippen LogP contribution in [-0.2, 0) is 6.54 Å². The average molecular weight is 318 g/mol. The van der Waals surface area contributed by atoms with Crippen molar-refractivity contribution in [3.8, 4) is 11.4 Å². The van der Waals surface area contributed by atoms with Gasteiger partial charge >= 0.3 is 0 Å². The van der Waals surface area contributed by atoms with Crippen molar-refractivity contribution in [1.29, 1.82) is 0 Å². The van der Waals surface area contributed by atoms with Gasteiger partial charge in [-0.15, -0.1) is 10.2 Å². The number of para-hydroxylation sites is 1. The summed E-state index contributed by atoms with van der Waals surface area (Å²) in [5.74, 6) is 1.03. The highest BCUT2D eigenvalue weighted by molar-refractivity contribution is 5.77. The van der Waals surface area contributed by atoms with E-state index in [1.807, 2.05) is 43.3 Å². The van der Waals surface area contributed by atoms with Crippen molar-refractivity contribution in [3.05, 3.63) is 70.3 Å². The summed E-state index contributed by atoms with van der Waals surface area (Å²) in [5, 5.41) is 13.0. The molecule has 2 heterocycles. The van der Waals surface area contributed by atoms with E-state index in [1.54, 1.807) is 12.1 Å². The van der Waals surface area contributed by atoms with Crippen LogP contribution in [0.4, 0.5) is 0 Å². The number of aromatic nitrogens is 6. The van der Waals surface area contributed by atoms with E-state index in [2.05, 4.69) is 25.4 Å². The summed E-state index contributed by atoms with van der Waals surface area (Å²) in [6.07, 6.45) is 0. The molecule has 0 amide bonds. The molecule has 0 bridgehead atoms. The first-order valence-corrected chi connectivity index (χ1v) is 7.52. The van der Waals surface area contributed by atoms with E-state index >= 15 is 0 Å². The Bertz CT molecular complexity index is 1060. The van der Waals surface area contributed by atoms with Gasteiger partial charge in [-0.3, -0.25) is 4.79 Å². The van der Waals surface area contributed by atoms with Crippen LogP contribution >= 0.6 is 0 Å². The van der Waals surface area contributed by atoms with Crippen LogP contribution in [0.3, 0.4) is 0 Å². The van der Waals surface area contributed by atoms with Gasteiger partial charge in [-0.25, -0.2) is 4.98 Å². The van der Waals surface area contributed by atoms with Gasteiger partial charge in [-0.1, -0.05) is 42.0 Å². The zero-order chi connectivity index (χ0) is 16.5. The van der Waals surface area contributed by atoms with Gasteiger partial charge in [0.1, 0.15) is 12.4 Å². The van der Waals surface area contributed by atoms with Gasteiger partial charge in [0.25, 0.3) is 5.56 Å². The van der Waals surface area contributed by atoms with Gasteiger partial charge in [-0.2, -0.15) is 4.80 Å². The van der Waals surface area contributed by atoms with Crippen molar-refractivity contribution in [2.45, 2.75) is 13.5 Å². The second-order valence-corrected chi connectivity index (χ2v) is 5.54. The van der Waals surface area contributed by atoms with Crippen LogP contribution in [0.1, 0.15) is 11.4 Å². The maximum atomic E-state index is 12.1. The minimum absolute atomic E-state index is 0.172. The molecule has 24 heavy (non-hydrogen) atoms. The van der Waals surface area contributed by atoms with Gasteiger partial charge < -0.3 is 4.98 Å². The summed E-state index contributed by atoms with van der Waals surface area (Å²) >= 11 is 0. The Balaban J connectivity index is 1.64. The zero-order valence-electron chi connectivity index (χ0n) is 13.0. The van der Waals surface area contributed by atoms with Crippen molar-refractivity contribution < 1.29 is 0 Å². The van der Waals surface area contributed by atoms with Gasteiger partial charge in [0.15, 0.2) is 0 Å². The monoisotopic (exact) mass is 318 g/mol. The smallest absolute Gasteiger partial charge is 0.258 e. The SMILES string of the molecule is Cc1ccc(-c2nnn(Cc3nc4ccccc4c(=O)[nH]3)n2)cc1. The number of benzene rings is 2. The molecule has 0 saturated heterocycles. The minimum atomic E-state index is -0.172. The molecule has 0 aliphatic rings. The summed E-state index contributed by atoms with van der Waals surface area (Å²) in [6.45, 7) is 2.27. The first-order valence-electron chi connectivity index (χ1n) is 7.52. The Morgan fingerprint density at radius 3 is 2.71 bits per heavy atom. The normalized spacial score (nSPS) is 11.0. The Morgan fingerprint density at radius 1 is 1.08 bits per heavy atom. The number of fused-ring (bicyclic) bond motifs is 1. The number of aromatic amines is 1. The van der Waals surface area contributed by atoms with Gasteiger partial charge in [0.05, 0.1) is 10.9 Å². The summed E-state index contributed by atoms with van der Waals surface area (Å²) in [5.41, 5.74) is 2.54. The molecule has 0 atom stereocenters. The third-order valence-electron chi connectivity index (χ3n) is 3.72. The first-order chi connectivity index (χ1) is 11.7. The van der Waals surface area contributed by atoms with Crippen molar-refractivity contribution in [1.82, 2.24) is 30.2 Å². The van der Waals surface area contributed by atoms with Crippen LogP contribution in [0.25, 0.3) is 22.3 Å². The number of hydrogen-bond acceptors (Lipinski definition) is 5. The lowest BCUT2D eigenvalue weighted by Crippen LogP contribution is -2.15. The maximum absolute atomic E-state index is 12.1. The molecule has 1 N–H and O–H groups in total. The fraction of sp³-hybridized carbons (Fsp3) is 0.118. The highest BCUT2D eigenvalue weighted by atomic mass is 16.1. The molecule has 0 saturated carbocycles. The Kier molecular flexibility index (Phi) is 3.38. The zero-order valence-corrected chi connectivity index (χ0v) is 13.0. The molecule has 0 unspecified atom stereocenters. The summed E-state index contributed by atoms with van der Waals surface area (Å²) in [7, 11) is 0. The van der Waals surface area contributed by atoms with E-state index in [4.69, 9.17) is 0 Å². The Hall–Kier alpha value is -3.35. The Morgan fingerprint density at radius 2 is 1.88 bits per heavy atom. The van der Waals surface area contributed by atoms with Crippen LogP contribution in [0, 0.1) is 6.92 Å². The number of rotatable bonds is 3. The van der Waals surface area contributed by atoms with Crippen LogP contribution < -0.4 is 5.56 Å². The second-order valence-electron chi connectivity index (χ2n) is 5.54. The molecule has 118 valence electrons. The summed E-state index contributed by atoms with van der Waals surface area (Å²) < 4.78 is 0. The number of aryl methyl sites for hydroxylation is 1.